The van der Waals surface area contributed by atoms with Crippen molar-refractivity contribution in [2.24, 2.45) is 11.8 Å². The Morgan fingerprint density at radius 3 is 3.00 bits per heavy atom. The van der Waals surface area contributed by atoms with Crippen molar-refractivity contribution in [3.05, 3.63) is 21.6 Å². The molecule has 5 nitrogen and oxygen atoms in total. The van der Waals surface area contributed by atoms with Gasteiger partial charge in [0.15, 0.2) is 0 Å². The largest absolute Gasteiger partial charge is 0.383 e. The Bertz CT molecular complexity index is 546. The highest BCUT2D eigenvalue weighted by Gasteiger charge is 2.39. The molecule has 0 aromatic carbocycles. The standard InChI is InChI=1S/C14H20ClN3O2/c1-20-5-4-18-14(19)13(15)12(8-16-18)17-11-7-9-2-3-10(11)6-9/h8-11,17H,2-7H2,1H3. The van der Waals surface area contributed by atoms with E-state index >= 15 is 0 Å². The van der Waals surface area contributed by atoms with E-state index in [9.17, 15) is 4.79 Å². The Morgan fingerprint density at radius 1 is 1.50 bits per heavy atom. The summed E-state index contributed by atoms with van der Waals surface area (Å²) in [6.07, 6.45) is 6.80. The minimum atomic E-state index is -0.253. The van der Waals surface area contributed by atoms with Crippen molar-refractivity contribution in [1.82, 2.24) is 9.78 Å². The summed E-state index contributed by atoms with van der Waals surface area (Å²) in [5.74, 6) is 1.58. The summed E-state index contributed by atoms with van der Waals surface area (Å²) in [5.41, 5.74) is 0.416. The van der Waals surface area contributed by atoms with Crippen LogP contribution in [0.25, 0.3) is 0 Å². The number of fused-ring (bicyclic) bond motifs is 2. The molecule has 1 aromatic heterocycles. The predicted octanol–water partition coefficient (Wildman–Crippen LogP) is 2.14. The van der Waals surface area contributed by atoms with Crippen molar-refractivity contribution in [2.45, 2.75) is 38.3 Å². The van der Waals surface area contributed by atoms with Gasteiger partial charge in [-0.25, -0.2) is 4.68 Å². The van der Waals surface area contributed by atoms with E-state index in [0.29, 0.717) is 24.9 Å². The lowest BCUT2D eigenvalue weighted by molar-refractivity contribution is 0.182. The molecule has 20 heavy (non-hydrogen) atoms. The van der Waals surface area contributed by atoms with E-state index < -0.39 is 0 Å². The third kappa shape index (κ3) is 2.56. The van der Waals surface area contributed by atoms with E-state index in [0.717, 1.165) is 11.8 Å². The molecule has 0 spiro atoms. The second-order valence-electron chi connectivity index (χ2n) is 5.82. The van der Waals surface area contributed by atoms with Crippen LogP contribution in [0.3, 0.4) is 0 Å². The fourth-order valence-corrected chi connectivity index (χ4v) is 3.72. The molecule has 1 aromatic rings. The lowest BCUT2D eigenvalue weighted by Crippen LogP contribution is -2.30. The average molecular weight is 298 g/mol. The minimum Gasteiger partial charge on any atom is -0.383 e. The number of rotatable bonds is 5. The van der Waals surface area contributed by atoms with Gasteiger partial charge in [0.05, 0.1) is 25.0 Å². The lowest BCUT2D eigenvalue weighted by atomic mass is 9.95. The summed E-state index contributed by atoms with van der Waals surface area (Å²) in [7, 11) is 1.59. The molecule has 2 saturated carbocycles. The van der Waals surface area contributed by atoms with Crippen LogP contribution in [0.15, 0.2) is 11.0 Å². The first-order valence-electron chi connectivity index (χ1n) is 7.20. The zero-order valence-electron chi connectivity index (χ0n) is 11.6. The highest BCUT2D eigenvalue weighted by atomic mass is 35.5. The molecule has 6 heteroatoms. The van der Waals surface area contributed by atoms with Crippen LogP contribution in [0.1, 0.15) is 25.7 Å². The maximum absolute atomic E-state index is 12.1. The van der Waals surface area contributed by atoms with Gasteiger partial charge in [-0.05, 0) is 31.1 Å². The van der Waals surface area contributed by atoms with Crippen LogP contribution in [0.4, 0.5) is 5.69 Å². The number of anilines is 1. The second-order valence-corrected chi connectivity index (χ2v) is 6.20. The topological polar surface area (TPSA) is 56.1 Å². The first-order valence-corrected chi connectivity index (χ1v) is 7.58. The summed E-state index contributed by atoms with van der Waals surface area (Å²) < 4.78 is 6.30. The van der Waals surface area contributed by atoms with Gasteiger partial charge < -0.3 is 10.1 Å². The highest BCUT2D eigenvalue weighted by molar-refractivity contribution is 6.32. The molecular weight excluding hydrogens is 278 g/mol. The van der Waals surface area contributed by atoms with Crippen molar-refractivity contribution < 1.29 is 4.74 Å². The van der Waals surface area contributed by atoms with Gasteiger partial charge in [0.1, 0.15) is 5.02 Å². The van der Waals surface area contributed by atoms with Crippen molar-refractivity contribution in [3.63, 3.8) is 0 Å². The minimum absolute atomic E-state index is 0.235. The fraction of sp³-hybridized carbons (Fsp3) is 0.714. The Hall–Kier alpha value is -1.07. The normalized spacial score (nSPS) is 28.0. The Kier molecular flexibility index (Phi) is 3.98. The van der Waals surface area contributed by atoms with Gasteiger partial charge in [-0.3, -0.25) is 4.79 Å². The van der Waals surface area contributed by atoms with E-state index in [-0.39, 0.29) is 10.6 Å². The fourth-order valence-electron chi connectivity index (χ4n) is 3.52. The number of ether oxygens (including phenoxy) is 1. The van der Waals surface area contributed by atoms with Gasteiger partial charge in [0, 0.05) is 13.2 Å². The molecule has 110 valence electrons. The highest BCUT2D eigenvalue weighted by Crippen LogP contribution is 2.45. The Balaban J connectivity index is 1.74. The molecular formula is C14H20ClN3O2. The third-order valence-corrected chi connectivity index (χ3v) is 4.94. The average Bonchev–Trinajstić information content (AvgIpc) is 3.05. The van der Waals surface area contributed by atoms with Crippen molar-refractivity contribution in [2.75, 3.05) is 19.0 Å². The maximum Gasteiger partial charge on any atom is 0.287 e. The van der Waals surface area contributed by atoms with Crippen LogP contribution < -0.4 is 10.9 Å². The first kappa shape index (κ1) is 13.9. The smallest absolute Gasteiger partial charge is 0.287 e. The number of aromatic nitrogens is 2. The van der Waals surface area contributed by atoms with Crippen molar-refractivity contribution in [1.29, 1.82) is 0 Å². The number of methoxy groups -OCH3 is 1. The summed E-state index contributed by atoms with van der Waals surface area (Å²) in [6.45, 7) is 0.867. The number of hydrogen-bond acceptors (Lipinski definition) is 4. The summed E-state index contributed by atoms with van der Waals surface area (Å²) in [4.78, 5) is 12.1. The molecule has 0 aliphatic heterocycles. The molecule has 3 unspecified atom stereocenters. The van der Waals surface area contributed by atoms with Gasteiger partial charge >= 0.3 is 0 Å². The van der Waals surface area contributed by atoms with E-state index in [1.54, 1.807) is 13.3 Å². The van der Waals surface area contributed by atoms with Gasteiger partial charge in [-0.15, -0.1) is 0 Å². The van der Waals surface area contributed by atoms with Crippen LogP contribution in [-0.2, 0) is 11.3 Å². The number of hydrogen-bond donors (Lipinski definition) is 1. The number of nitrogens with one attached hydrogen (secondary N) is 1. The molecule has 2 aliphatic carbocycles. The molecule has 2 aliphatic rings. The molecule has 1 N–H and O–H groups in total. The first-order chi connectivity index (χ1) is 9.69. The van der Waals surface area contributed by atoms with Crippen LogP contribution in [-0.4, -0.2) is 29.5 Å². The van der Waals surface area contributed by atoms with Gasteiger partial charge in [-0.1, -0.05) is 18.0 Å². The van der Waals surface area contributed by atoms with Crippen LogP contribution >= 0.6 is 11.6 Å². The van der Waals surface area contributed by atoms with Crippen molar-refractivity contribution >= 4 is 17.3 Å². The zero-order valence-corrected chi connectivity index (χ0v) is 12.4. The monoisotopic (exact) mass is 297 g/mol. The van der Waals surface area contributed by atoms with Gasteiger partial charge in [-0.2, -0.15) is 5.10 Å². The molecule has 1 heterocycles. The number of nitrogens with zero attached hydrogens (tertiary/aromatic N) is 2. The quantitative estimate of drug-likeness (QED) is 0.905. The van der Waals surface area contributed by atoms with E-state index in [1.165, 1.54) is 30.4 Å². The van der Waals surface area contributed by atoms with E-state index in [2.05, 4.69) is 10.4 Å². The van der Waals surface area contributed by atoms with Crippen molar-refractivity contribution in [3.8, 4) is 0 Å². The van der Waals surface area contributed by atoms with E-state index in [4.69, 9.17) is 16.3 Å². The maximum atomic E-state index is 12.1. The van der Waals surface area contributed by atoms with Crippen LogP contribution in [0, 0.1) is 11.8 Å². The predicted molar refractivity (Wildman–Crippen MR) is 78.2 cm³/mol. The van der Waals surface area contributed by atoms with Crippen LogP contribution in [0.2, 0.25) is 5.02 Å². The summed E-state index contributed by atoms with van der Waals surface area (Å²) in [5, 5.41) is 7.82. The molecule has 0 radical (unpaired) electrons. The third-order valence-electron chi connectivity index (χ3n) is 4.57. The second kappa shape index (κ2) is 5.74. The zero-order chi connectivity index (χ0) is 14.1. The van der Waals surface area contributed by atoms with E-state index in [1.807, 2.05) is 0 Å². The lowest BCUT2D eigenvalue weighted by Gasteiger charge is -2.24. The molecule has 0 amide bonds. The summed E-state index contributed by atoms with van der Waals surface area (Å²) in [6, 6.07) is 0.447. The SMILES string of the molecule is COCCn1ncc(NC2CC3CCC2C3)c(Cl)c1=O. The molecule has 2 fully saturated rings. The molecule has 2 bridgehead atoms. The molecule has 0 saturated heterocycles. The van der Waals surface area contributed by atoms with Gasteiger partial charge in [0.2, 0.25) is 0 Å². The molecule has 3 rings (SSSR count). The summed E-state index contributed by atoms with van der Waals surface area (Å²) >= 11 is 6.18. The Morgan fingerprint density at radius 2 is 2.35 bits per heavy atom. The van der Waals surface area contributed by atoms with Crippen LogP contribution in [0.5, 0.6) is 0 Å². The number of halogens is 1. The molecule has 3 atom stereocenters. The van der Waals surface area contributed by atoms with Gasteiger partial charge in [0.25, 0.3) is 5.56 Å². The Labute approximate surface area is 123 Å².